The molecule has 0 spiro atoms. The minimum Gasteiger partial charge on any atom is -0.331 e. The van der Waals surface area contributed by atoms with Crippen molar-refractivity contribution in [1.29, 1.82) is 0 Å². The maximum absolute atomic E-state index is 12.3. The van der Waals surface area contributed by atoms with Crippen LogP contribution in [0.3, 0.4) is 0 Å². The van der Waals surface area contributed by atoms with Crippen molar-refractivity contribution in [3.8, 4) is 0 Å². The summed E-state index contributed by atoms with van der Waals surface area (Å²) in [4.78, 5) is 14.3. The highest BCUT2D eigenvalue weighted by Gasteiger charge is 2.53. The van der Waals surface area contributed by atoms with E-state index in [2.05, 4.69) is 27.7 Å². The van der Waals surface area contributed by atoms with Crippen molar-refractivity contribution in [2.24, 2.45) is 11.5 Å². The van der Waals surface area contributed by atoms with Crippen LogP contribution < -0.4 is 11.5 Å². The predicted octanol–water partition coefficient (Wildman–Crippen LogP) is 1.23. The number of amides is 1. The lowest BCUT2D eigenvalue weighted by Gasteiger charge is -2.60. The Bertz CT molecular complexity index is 308. The van der Waals surface area contributed by atoms with Crippen LogP contribution in [0, 0.1) is 0 Å². The average Bonchev–Trinajstić information content (AvgIpc) is 2.12. The highest BCUT2D eigenvalue weighted by Crippen LogP contribution is 2.43. The summed E-state index contributed by atoms with van der Waals surface area (Å²) in [5.41, 5.74) is 11.0. The summed E-state index contributed by atoms with van der Waals surface area (Å²) >= 11 is 0. The van der Waals surface area contributed by atoms with E-state index in [9.17, 15) is 4.79 Å². The van der Waals surface area contributed by atoms with E-state index in [4.69, 9.17) is 11.5 Å². The SMILES string of the molecule is CC1(C)CCC(C)(N)C(C)(C)N1C(=O)CCN. The largest absolute Gasteiger partial charge is 0.331 e. The minimum absolute atomic E-state index is 0.110. The van der Waals surface area contributed by atoms with E-state index in [0.29, 0.717) is 13.0 Å². The molecule has 4 N–H and O–H groups in total. The molecule has 1 unspecified atom stereocenters. The van der Waals surface area contributed by atoms with Crippen LogP contribution in [0.1, 0.15) is 53.9 Å². The van der Waals surface area contributed by atoms with E-state index in [1.165, 1.54) is 0 Å². The Kier molecular flexibility index (Phi) is 3.61. The standard InChI is InChI=1S/C13H27N3O/c1-11(2)7-8-13(5,15)12(3,4)16(11)10(17)6-9-14/h6-9,14-15H2,1-5H3. The molecular formula is C13H27N3O. The topological polar surface area (TPSA) is 72.3 Å². The van der Waals surface area contributed by atoms with Crippen LogP contribution in [0.5, 0.6) is 0 Å². The Balaban J connectivity index is 3.13. The molecule has 0 aromatic heterocycles. The number of nitrogens with zero attached hydrogens (tertiary/aromatic N) is 1. The lowest BCUT2D eigenvalue weighted by Crippen LogP contribution is -2.73. The van der Waals surface area contributed by atoms with E-state index >= 15 is 0 Å². The number of nitrogens with two attached hydrogens (primary N) is 2. The molecular weight excluding hydrogens is 214 g/mol. The van der Waals surface area contributed by atoms with Gasteiger partial charge in [-0.25, -0.2) is 0 Å². The van der Waals surface area contributed by atoms with Gasteiger partial charge in [0.05, 0.1) is 5.54 Å². The maximum Gasteiger partial charge on any atom is 0.224 e. The maximum atomic E-state index is 12.3. The van der Waals surface area contributed by atoms with Crippen molar-refractivity contribution in [3.05, 3.63) is 0 Å². The van der Waals surface area contributed by atoms with Gasteiger partial charge in [-0.05, 0) is 47.5 Å². The summed E-state index contributed by atoms with van der Waals surface area (Å²) in [6.45, 7) is 10.8. The molecule has 1 fully saturated rings. The van der Waals surface area contributed by atoms with Gasteiger partial charge in [0.25, 0.3) is 0 Å². The van der Waals surface area contributed by atoms with E-state index in [1.54, 1.807) is 0 Å². The molecule has 0 radical (unpaired) electrons. The summed E-state index contributed by atoms with van der Waals surface area (Å²) in [5, 5.41) is 0. The predicted molar refractivity (Wildman–Crippen MR) is 70.5 cm³/mol. The molecule has 17 heavy (non-hydrogen) atoms. The summed E-state index contributed by atoms with van der Waals surface area (Å²) in [6.07, 6.45) is 2.25. The van der Waals surface area contributed by atoms with E-state index in [1.807, 2.05) is 11.8 Å². The van der Waals surface area contributed by atoms with Gasteiger partial charge < -0.3 is 16.4 Å². The van der Waals surface area contributed by atoms with Crippen molar-refractivity contribution in [2.75, 3.05) is 6.54 Å². The molecule has 0 aromatic carbocycles. The van der Waals surface area contributed by atoms with Crippen LogP contribution in [0.15, 0.2) is 0 Å². The number of carbonyl (C=O) groups excluding carboxylic acids is 1. The highest BCUT2D eigenvalue weighted by molar-refractivity contribution is 5.78. The molecule has 0 aromatic rings. The molecule has 0 aliphatic carbocycles. The first-order valence-corrected chi connectivity index (χ1v) is 6.38. The van der Waals surface area contributed by atoms with Crippen molar-refractivity contribution in [3.63, 3.8) is 0 Å². The van der Waals surface area contributed by atoms with Gasteiger partial charge in [0.2, 0.25) is 5.91 Å². The van der Waals surface area contributed by atoms with Gasteiger partial charge in [0.1, 0.15) is 0 Å². The zero-order valence-electron chi connectivity index (χ0n) is 11.8. The van der Waals surface area contributed by atoms with Crippen molar-refractivity contribution < 1.29 is 4.79 Å². The second-order valence-electron chi connectivity index (χ2n) is 6.56. The fourth-order valence-electron chi connectivity index (χ4n) is 2.88. The number of carbonyl (C=O) groups is 1. The summed E-state index contributed by atoms with van der Waals surface area (Å²) in [5.74, 6) is 0.110. The van der Waals surface area contributed by atoms with Gasteiger partial charge in [0.15, 0.2) is 0 Å². The fourth-order valence-corrected chi connectivity index (χ4v) is 2.88. The van der Waals surface area contributed by atoms with Gasteiger partial charge in [-0.15, -0.1) is 0 Å². The van der Waals surface area contributed by atoms with Crippen LogP contribution in [0.4, 0.5) is 0 Å². The Morgan fingerprint density at radius 3 is 2.18 bits per heavy atom. The molecule has 1 atom stereocenters. The third kappa shape index (κ3) is 2.33. The Hall–Kier alpha value is -0.610. The molecule has 0 saturated carbocycles. The van der Waals surface area contributed by atoms with Crippen LogP contribution in [0.2, 0.25) is 0 Å². The zero-order chi connectivity index (χ0) is 13.5. The van der Waals surface area contributed by atoms with Gasteiger partial charge >= 0.3 is 0 Å². The first kappa shape index (κ1) is 14.5. The summed E-state index contributed by atoms with van der Waals surface area (Å²) < 4.78 is 0. The Morgan fingerprint density at radius 2 is 1.71 bits per heavy atom. The molecule has 1 heterocycles. The molecule has 0 bridgehead atoms. The number of hydrogen-bond acceptors (Lipinski definition) is 3. The molecule has 4 heteroatoms. The normalized spacial score (nSPS) is 31.4. The third-order valence-electron chi connectivity index (χ3n) is 4.43. The monoisotopic (exact) mass is 241 g/mol. The molecule has 1 aliphatic heterocycles. The minimum atomic E-state index is -0.354. The molecule has 1 amide bonds. The second-order valence-corrected chi connectivity index (χ2v) is 6.56. The Labute approximate surface area is 105 Å². The third-order valence-corrected chi connectivity index (χ3v) is 4.43. The van der Waals surface area contributed by atoms with Gasteiger partial charge in [-0.2, -0.15) is 0 Å². The number of likely N-dealkylation sites (tertiary alicyclic amines) is 1. The lowest BCUT2D eigenvalue weighted by molar-refractivity contribution is -0.155. The van der Waals surface area contributed by atoms with Gasteiger partial charge in [-0.1, -0.05) is 0 Å². The van der Waals surface area contributed by atoms with Crippen molar-refractivity contribution in [2.45, 2.75) is 70.5 Å². The van der Waals surface area contributed by atoms with Gasteiger partial charge in [0, 0.05) is 24.0 Å². The van der Waals surface area contributed by atoms with Crippen LogP contribution >= 0.6 is 0 Å². The van der Waals surface area contributed by atoms with Crippen molar-refractivity contribution >= 4 is 5.91 Å². The number of piperidine rings is 1. The molecule has 1 aliphatic rings. The summed E-state index contributed by atoms with van der Waals surface area (Å²) in [6, 6.07) is 0. The van der Waals surface area contributed by atoms with Crippen LogP contribution in [-0.4, -0.2) is 34.0 Å². The molecule has 4 nitrogen and oxygen atoms in total. The highest BCUT2D eigenvalue weighted by atomic mass is 16.2. The second kappa shape index (κ2) is 4.25. The number of rotatable bonds is 2. The molecule has 100 valence electrons. The fraction of sp³-hybridized carbons (Fsp3) is 0.923. The number of hydrogen-bond donors (Lipinski definition) is 2. The smallest absolute Gasteiger partial charge is 0.224 e. The quantitative estimate of drug-likeness (QED) is 0.764. The van der Waals surface area contributed by atoms with E-state index < -0.39 is 0 Å². The van der Waals surface area contributed by atoms with Gasteiger partial charge in [-0.3, -0.25) is 4.79 Å². The molecule has 1 saturated heterocycles. The van der Waals surface area contributed by atoms with Crippen molar-refractivity contribution in [1.82, 2.24) is 4.90 Å². The average molecular weight is 241 g/mol. The van der Waals surface area contributed by atoms with Crippen LogP contribution in [-0.2, 0) is 4.79 Å². The molecule has 1 rings (SSSR count). The first-order valence-electron chi connectivity index (χ1n) is 6.38. The summed E-state index contributed by atoms with van der Waals surface area (Å²) in [7, 11) is 0. The lowest BCUT2D eigenvalue weighted by atomic mass is 9.68. The van der Waals surface area contributed by atoms with Crippen LogP contribution in [0.25, 0.3) is 0 Å². The van der Waals surface area contributed by atoms with E-state index in [0.717, 1.165) is 12.8 Å². The zero-order valence-corrected chi connectivity index (χ0v) is 11.8. The van der Waals surface area contributed by atoms with E-state index in [-0.39, 0.29) is 22.5 Å². The first-order chi connectivity index (χ1) is 7.56. The Morgan fingerprint density at radius 1 is 1.18 bits per heavy atom.